The van der Waals surface area contributed by atoms with E-state index in [1.54, 1.807) is 6.33 Å². The Hall–Kier alpha value is -3.08. The van der Waals surface area contributed by atoms with Gasteiger partial charge >= 0.3 is 6.01 Å². The highest BCUT2D eigenvalue weighted by atomic mass is 35.5. The second-order valence-corrected chi connectivity index (χ2v) is 9.07. The molecule has 3 heterocycles. The van der Waals surface area contributed by atoms with Gasteiger partial charge < -0.3 is 15.0 Å². The highest BCUT2D eigenvalue weighted by molar-refractivity contribution is 6.30. The molecular formula is C22H23ClF3N7O. The second kappa shape index (κ2) is 9.28. The van der Waals surface area contributed by atoms with E-state index in [9.17, 15) is 13.2 Å². The summed E-state index contributed by atoms with van der Waals surface area (Å²) in [7, 11) is 0. The smallest absolute Gasteiger partial charge is 0.322 e. The molecule has 1 saturated carbocycles. The van der Waals surface area contributed by atoms with Crippen LogP contribution in [0.25, 0.3) is 0 Å². The van der Waals surface area contributed by atoms with Crippen LogP contribution in [-0.2, 0) is 6.54 Å². The highest BCUT2D eigenvalue weighted by Gasteiger charge is 2.43. The maximum Gasteiger partial charge on any atom is 0.322 e. The summed E-state index contributed by atoms with van der Waals surface area (Å²) in [5.41, 5.74) is 0.918. The lowest BCUT2D eigenvalue weighted by molar-refractivity contribution is 0.118. The number of hydrogen-bond acceptors (Lipinski definition) is 7. The van der Waals surface area contributed by atoms with Crippen LogP contribution in [0.4, 0.5) is 24.9 Å². The minimum absolute atomic E-state index is 0.106. The molecule has 5 rings (SSSR count). The van der Waals surface area contributed by atoms with Gasteiger partial charge in [0.1, 0.15) is 30.3 Å². The summed E-state index contributed by atoms with van der Waals surface area (Å²) in [5, 5.41) is 7.43. The van der Waals surface area contributed by atoms with E-state index < -0.39 is 18.8 Å². The van der Waals surface area contributed by atoms with Crippen molar-refractivity contribution in [2.45, 2.75) is 38.8 Å². The predicted octanol–water partition coefficient (Wildman–Crippen LogP) is 4.55. The first-order valence-electron chi connectivity index (χ1n) is 11.0. The monoisotopic (exact) mass is 493 g/mol. The minimum Gasteiger partial charge on any atom is -0.424 e. The summed E-state index contributed by atoms with van der Waals surface area (Å²) >= 11 is 5.80. The Morgan fingerprint density at radius 2 is 1.94 bits per heavy atom. The molecule has 0 amide bonds. The molecule has 3 aromatic rings. The van der Waals surface area contributed by atoms with Crippen molar-refractivity contribution < 1.29 is 17.9 Å². The van der Waals surface area contributed by atoms with Crippen molar-refractivity contribution in [3.63, 3.8) is 0 Å². The van der Waals surface area contributed by atoms with Crippen LogP contribution >= 0.6 is 11.6 Å². The van der Waals surface area contributed by atoms with Gasteiger partial charge in [0.05, 0.1) is 5.02 Å². The van der Waals surface area contributed by atoms with Gasteiger partial charge in [0.25, 0.3) is 6.43 Å². The summed E-state index contributed by atoms with van der Waals surface area (Å²) in [6.45, 7) is 2.89. The van der Waals surface area contributed by atoms with Gasteiger partial charge in [-0.15, -0.1) is 5.10 Å². The number of alkyl halides is 2. The van der Waals surface area contributed by atoms with E-state index in [2.05, 4.69) is 30.3 Å². The van der Waals surface area contributed by atoms with Gasteiger partial charge in [-0.3, -0.25) is 0 Å². The SMILES string of the molecule is Cc1cc(N2C[C@H]3CC[C@@H](C2)C3Nc2nc(Oc3ccc(F)c(Cl)c3)n(CC(F)F)n2)ncn1. The normalized spacial score (nSPS) is 21.8. The zero-order valence-electron chi connectivity index (χ0n) is 18.3. The lowest BCUT2D eigenvalue weighted by Crippen LogP contribution is -2.48. The molecule has 8 nitrogen and oxygen atoms in total. The molecule has 1 N–H and O–H groups in total. The second-order valence-electron chi connectivity index (χ2n) is 8.66. The van der Waals surface area contributed by atoms with E-state index in [1.807, 2.05) is 13.0 Å². The average Bonchev–Trinajstić information content (AvgIpc) is 3.24. The summed E-state index contributed by atoms with van der Waals surface area (Å²) < 4.78 is 46.3. The number of nitrogens with zero attached hydrogens (tertiary/aromatic N) is 6. The number of benzene rings is 1. The van der Waals surface area contributed by atoms with Gasteiger partial charge in [0.2, 0.25) is 5.95 Å². The number of nitrogens with one attached hydrogen (secondary N) is 1. The molecular weight excluding hydrogens is 471 g/mol. The highest BCUT2D eigenvalue weighted by Crippen LogP contribution is 2.40. The number of aromatic nitrogens is 5. The van der Waals surface area contributed by atoms with Crippen molar-refractivity contribution in [3.05, 3.63) is 47.1 Å². The predicted molar refractivity (Wildman–Crippen MR) is 120 cm³/mol. The molecule has 1 aromatic carbocycles. The Morgan fingerprint density at radius 1 is 1.18 bits per heavy atom. The largest absolute Gasteiger partial charge is 0.424 e. The van der Waals surface area contributed by atoms with Crippen LogP contribution in [0.5, 0.6) is 11.8 Å². The third-order valence-corrected chi connectivity index (χ3v) is 6.58. The molecule has 12 heteroatoms. The van der Waals surface area contributed by atoms with Crippen LogP contribution < -0.4 is 15.0 Å². The van der Waals surface area contributed by atoms with Gasteiger partial charge in [-0.1, -0.05) is 11.6 Å². The maximum absolute atomic E-state index is 13.4. The summed E-state index contributed by atoms with van der Waals surface area (Å²) in [6, 6.07) is 5.71. The summed E-state index contributed by atoms with van der Waals surface area (Å²) in [6.07, 6.45) is 1.01. The van der Waals surface area contributed by atoms with Crippen LogP contribution in [-0.4, -0.2) is 50.3 Å². The molecule has 34 heavy (non-hydrogen) atoms. The number of piperidine rings is 1. The van der Waals surface area contributed by atoms with Gasteiger partial charge in [0.15, 0.2) is 0 Å². The summed E-state index contributed by atoms with van der Waals surface area (Å²) in [4.78, 5) is 15.2. The number of hydrogen-bond donors (Lipinski definition) is 1. The van der Waals surface area contributed by atoms with Crippen LogP contribution in [0.1, 0.15) is 18.5 Å². The van der Waals surface area contributed by atoms with Crippen LogP contribution in [0.15, 0.2) is 30.6 Å². The standard InChI is InChI=1S/C22H23ClF3N7O/c1-12-6-19(28-11-27-12)32-8-13-2-3-14(9-32)20(13)29-21-30-22(33(31-21)10-18(25)26)34-15-4-5-17(24)16(23)7-15/h4-7,11,13-14,18,20H,2-3,8-10H2,1H3,(H,29,31)/t13-,14+,20?. The molecule has 1 saturated heterocycles. The Morgan fingerprint density at radius 3 is 2.62 bits per heavy atom. The number of ether oxygens (including phenoxy) is 1. The third kappa shape index (κ3) is 4.75. The Kier molecular flexibility index (Phi) is 6.20. The van der Waals surface area contributed by atoms with E-state index in [-0.39, 0.29) is 28.8 Å². The molecule has 180 valence electrons. The number of aryl methyl sites for hydroxylation is 1. The van der Waals surface area contributed by atoms with Crippen molar-refractivity contribution in [2.75, 3.05) is 23.3 Å². The zero-order valence-corrected chi connectivity index (χ0v) is 19.1. The molecule has 2 aliphatic rings. The molecule has 1 aliphatic carbocycles. The Bertz CT molecular complexity index is 1160. The molecule has 2 aromatic heterocycles. The fraction of sp³-hybridized carbons (Fsp3) is 0.455. The Balaban J connectivity index is 1.33. The molecule has 0 spiro atoms. The van der Waals surface area contributed by atoms with Gasteiger partial charge in [0, 0.05) is 37.0 Å². The fourth-order valence-electron chi connectivity index (χ4n) is 4.77. The maximum atomic E-state index is 13.4. The average molecular weight is 494 g/mol. The first-order valence-corrected chi connectivity index (χ1v) is 11.4. The lowest BCUT2D eigenvalue weighted by Gasteiger charge is -2.38. The topological polar surface area (TPSA) is 81.0 Å². The van der Waals surface area contributed by atoms with Gasteiger partial charge in [-0.25, -0.2) is 27.8 Å². The molecule has 1 aliphatic heterocycles. The molecule has 2 fully saturated rings. The number of fused-ring (bicyclic) bond motifs is 2. The van der Waals surface area contributed by atoms with Crippen molar-refractivity contribution in [3.8, 4) is 11.8 Å². The minimum atomic E-state index is -2.65. The van der Waals surface area contributed by atoms with Crippen LogP contribution in [0.3, 0.4) is 0 Å². The first kappa shape index (κ1) is 22.7. The van der Waals surface area contributed by atoms with E-state index in [1.165, 1.54) is 12.1 Å². The van der Waals surface area contributed by atoms with E-state index in [0.29, 0.717) is 11.8 Å². The lowest BCUT2D eigenvalue weighted by atomic mass is 9.92. The Labute approximate surface area is 199 Å². The van der Waals surface area contributed by atoms with Crippen molar-refractivity contribution >= 4 is 23.4 Å². The third-order valence-electron chi connectivity index (χ3n) is 6.29. The molecule has 0 radical (unpaired) electrons. The van der Waals surface area contributed by atoms with E-state index in [0.717, 1.165) is 48.2 Å². The fourth-order valence-corrected chi connectivity index (χ4v) is 4.94. The van der Waals surface area contributed by atoms with Crippen LogP contribution in [0.2, 0.25) is 5.02 Å². The molecule has 1 unspecified atom stereocenters. The van der Waals surface area contributed by atoms with E-state index in [4.69, 9.17) is 16.3 Å². The van der Waals surface area contributed by atoms with Crippen molar-refractivity contribution in [2.24, 2.45) is 11.8 Å². The van der Waals surface area contributed by atoms with Gasteiger partial charge in [-0.05, 0) is 43.7 Å². The number of halogens is 4. The number of rotatable bonds is 7. The van der Waals surface area contributed by atoms with Crippen molar-refractivity contribution in [1.29, 1.82) is 0 Å². The van der Waals surface area contributed by atoms with Gasteiger partial charge in [-0.2, -0.15) is 4.98 Å². The van der Waals surface area contributed by atoms with E-state index >= 15 is 0 Å². The quantitative estimate of drug-likeness (QED) is 0.517. The summed E-state index contributed by atoms with van der Waals surface area (Å²) in [5.74, 6) is 1.36. The number of anilines is 2. The van der Waals surface area contributed by atoms with Crippen molar-refractivity contribution in [1.82, 2.24) is 24.7 Å². The zero-order chi connectivity index (χ0) is 23.8. The molecule has 2 bridgehead atoms. The first-order chi connectivity index (χ1) is 16.4. The molecule has 3 atom stereocenters. The van der Waals surface area contributed by atoms with Crippen LogP contribution in [0, 0.1) is 24.6 Å².